The second-order valence-corrected chi connectivity index (χ2v) is 9.21. The SMILES string of the molecule is CCCCCCCCCCCCCCCCCCC1=C(CO)CCC(CO)C1. The summed E-state index contributed by atoms with van der Waals surface area (Å²) in [6, 6.07) is 0. The Hall–Kier alpha value is -0.340. The molecule has 28 heavy (non-hydrogen) atoms. The summed E-state index contributed by atoms with van der Waals surface area (Å²) in [5.74, 6) is 0.436. The molecule has 0 spiro atoms. The molecule has 0 amide bonds. The van der Waals surface area contributed by atoms with Gasteiger partial charge in [-0.25, -0.2) is 0 Å². The first-order valence-corrected chi connectivity index (χ1v) is 12.7. The van der Waals surface area contributed by atoms with E-state index in [9.17, 15) is 10.2 Å². The van der Waals surface area contributed by atoms with Gasteiger partial charge in [0.05, 0.1) is 6.61 Å². The maximum atomic E-state index is 9.53. The molecule has 1 aliphatic carbocycles. The highest BCUT2D eigenvalue weighted by molar-refractivity contribution is 5.18. The van der Waals surface area contributed by atoms with E-state index in [4.69, 9.17) is 0 Å². The van der Waals surface area contributed by atoms with E-state index in [1.54, 1.807) is 0 Å². The lowest BCUT2D eigenvalue weighted by molar-refractivity contribution is 0.207. The summed E-state index contributed by atoms with van der Waals surface area (Å²) in [5, 5.41) is 18.9. The molecule has 0 bridgehead atoms. The average Bonchev–Trinajstić information content (AvgIpc) is 2.73. The van der Waals surface area contributed by atoms with Crippen molar-refractivity contribution in [2.24, 2.45) is 5.92 Å². The van der Waals surface area contributed by atoms with Crippen molar-refractivity contribution in [1.82, 2.24) is 0 Å². The van der Waals surface area contributed by atoms with Crippen LogP contribution in [0.25, 0.3) is 0 Å². The standard InChI is InChI=1S/C26H50O2/c1-2-3-4-5-6-7-8-9-10-11-12-13-14-15-16-17-18-25-21-24(22-27)19-20-26(25)23-28/h24,27-28H,2-23H2,1H3. The Morgan fingerprint density at radius 2 is 1.11 bits per heavy atom. The summed E-state index contributed by atoms with van der Waals surface area (Å²) in [7, 11) is 0. The van der Waals surface area contributed by atoms with Crippen molar-refractivity contribution in [1.29, 1.82) is 0 Å². The molecule has 0 heterocycles. The van der Waals surface area contributed by atoms with Gasteiger partial charge >= 0.3 is 0 Å². The second-order valence-electron chi connectivity index (χ2n) is 9.21. The number of rotatable bonds is 19. The summed E-state index contributed by atoms with van der Waals surface area (Å²) < 4.78 is 0. The van der Waals surface area contributed by atoms with Gasteiger partial charge in [-0.05, 0) is 43.6 Å². The van der Waals surface area contributed by atoms with Crippen LogP contribution in [0.1, 0.15) is 135 Å². The maximum absolute atomic E-state index is 9.53. The Morgan fingerprint density at radius 1 is 0.643 bits per heavy atom. The minimum atomic E-state index is 0.229. The van der Waals surface area contributed by atoms with E-state index < -0.39 is 0 Å². The van der Waals surface area contributed by atoms with Crippen LogP contribution in [0.2, 0.25) is 0 Å². The Balaban J connectivity index is 1.86. The van der Waals surface area contributed by atoms with Gasteiger partial charge in [0.25, 0.3) is 0 Å². The summed E-state index contributed by atoms with van der Waals surface area (Å²) in [6.07, 6.45) is 26.8. The molecule has 0 fully saturated rings. The third-order valence-corrected chi connectivity index (χ3v) is 6.67. The molecule has 2 nitrogen and oxygen atoms in total. The van der Waals surface area contributed by atoms with Crippen molar-refractivity contribution in [3.63, 3.8) is 0 Å². The zero-order valence-corrected chi connectivity index (χ0v) is 19.0. The van der Waals surface area contributed by atoms with Gasteiger partial charge in [0.15, 0.2) is 0 Å². The maximum Gasteiger partial charge on any atom is 0.0644 e. The predicted molar refractivity (Wildman–Crippen MR) is 123 cm³/mol. The van der Waals surface area contributed by atoms with Crippen molar-refractivity contribution in [2.75, 3.05) is 13.2 Å². The monoisotopic (exact) mass is 394 g/mol. The number of hydrogen-bond donors (Lipinski definition) is 2. The molecule has 1 aliphatic rings. The normalized spacial score (nSPS) is 17.5. The van der Waals surface area contributed by atoms with Gasteiger partial charge in [-0.3, -0.25) is 0 Å². The first kappa shape index (κ1) is 25.7. The minimum Gasteiger partial charge on any atom is -0.396 e. The van der Waals surface area contributed by atoms with Gasteiger partial charge in [-0.2, -0.15) is 0 Å². The molecule has 0 aliphatic heterocycles. The van der Waals surface area contributed by atoms with Gasteiger partial charge in [0.2, 0.25) is 0 Å². The highest BCUT2D eigenvalue weighted by Gasteiger charge is 2.19. The minimum absolute atomic E-state index is 0.229. The first-order chi connectivity index (χ1) is 13.8. The second kappa shape index (κ2) is 18.7. The van der Waals surface area contributed by atoms with E-state index in [2.05, 4.69) is 6.92 Å². The van der Waals surface area contributed by atoms with E-state index in [0.29, 0.717) is 12.5 Å². The van der Waals surface area contributed by atoms with Crippen molar-refractivity contribution in [3.8, 4) is 0 Å². The van der Waals surface area contributed by atoms with Crippen LogP contribution in [-0.2, 0) is 0 Å². The Morgan fingerprint density at radius 3 is 1.54 bits per heavy atom. The summed E-state index contributed by atoms with van der Waals surface area (Å²) in [4.78, 5) is 0. The molecule has 0 saturated heterocycles. The van der Waals surface area contributed by atoms with Crippen molar-refractivity contribution in [2.45, 2.75) is 135 Å². The van der Waals surface area contributed by atoms with Crippen LogP contribution in [0, 0.1) is 5.92 Å². The van der Waals surface area contributed by atoms with Crippen molar-refractivity contribution in [3.05, 3.63) is 11.1 Å². The van der Waals surface area contributed by atoms with E-state index in [1.165, 1.54) is 114 Å². The topological polar surface area (TPSA) is 40.5 Å². The smallest absolute Gasteiger partial charge is 0.0644 e. The van der Waals surface area contributed by atoms with Gasteiger partial charge in [-0.15, -0.1) is 0 Å². The number of unbranched alkanes of at least 4 members (excludes halogenated alkanes) is 15. The van der Waals surface area contributed by atoms with E-state index >= 15 is 0 Å². The van der Waals surface area contributed by atoms with Crippen LogP contribution in [0.5, 0.6) is 0 Å². The lowest BCUT2D eigenvalue weighted by Crippen LogP contribution is -2.15. The molecule has 2 N–H and O–H groups in total. The molecule has 1 unspecified atom stereocenters. The fraction of sp³-hybridized carbons (Fsp3) is 0.923. The van der Waals surface area contributed by atoms with E-state index in [1.807, 2.05) is 0 Å². The Labute approximate surface area is 176 Å². The molecule has 0 radical (unpaired) electrons. The van der Waals surface area contributed by atoms with E-state index in [-0.39, 0.29) is 6.61 Å². The van der Waals surface area contributed by atoms with Gasteiger partial charge < -0.3 is 10.2 Å². The zero-order valence-electron chi connectivity index (χ0n) is 19.0. The van der Waals surface area contributed by atoms with Crippen LogP contribution < -0.4 is 0 Å². The van der Waals surface area contributed by atoms with E-state index in [0.717, 1.165) is 25.7 Å². The first-order valence-electron chi connectivity index (χ1n) is 12.7. The quantitative estimate of drug-likeness (QED) is 0.174. The van der Waals surface area contributed by atoms with Crippen LogP contribution >= 0.6 is 0 Å². The fourth-order valence-electron chi connectivity index (χ4n) is 4.66. The molecule has 1 atom stereocenters. The van der Waals surface area contributed by atoms with Crippen molar-refractivity contribution >= 4 is 0 Å². The summed E-state index contributed by atoms with van der Waals surface area (Å²) >= 11 is 0. The summed E-state index contributed by atoms with van der Waals surface area (Å²) in [6.45, 7) is 2.82. The average molecular weight is 395 g/mol. The van der Waals surface area contributed by atoms with Crippen molar-refractivity contribution < 1.29 is 10.2 Å². The van der Waals surface area contributed by atoms with Crippen LogP contribution in [-0.4, -0.2) is 23.4 Å². The highest BCUT2D eigenvalue weighted by Crippen LogP contribution is 2.32. The largest absolute Gasteiger partial charge is 0.396 e. The zero-order chi connectivity index (χ0) is 20.3. The lowest BCUT2D eigenvalue weighted by Gasteiger charge is -2.25. The Kier molecular flexibility index (Phi) is 17.1. The molecule has 0 aromatic heterocycles. The lowest BCUT2D eigenvalue weighted by atomic mass is 9.82. The fourth-order valence-corrected chi connectivity index (χ4v) is 4.66. The van der Waals surface area contributed by atoms with Crippen LogP contribution in [0.3, 0.4) is 0 Å². The molecule has 166 valence electrons. The van der Waals surface area contributed by atoms with Gasteiger partial charge in [-0.1, -0.05) is 109 Å². The molecule has 1 rings (SSSR count). The molecule has 0 aromatic rings. The number of allylic oxidation sites excluding steroid dienone is 1. The van der Waals surface area contributed by atoms with Crippen LogP contribution in [0.15, 0.2) is 11.1 Å². The Bertz CT molecular complexity index is 375. The number of aliphatic hydroxyl groups excluding tert-OH is 2. The summed E-state index contributed by atoms with van der Waals surface area (Å²) in [5.41, 5.74) is 2.73. The van der Waals surface area contributed by atoms with Gasteiger partial charge in [0, 0.05) is 6.61 Å². The van der Waals surface area contributed by atoms with Crippen LogP contribution in [0.4, 0.5) is 0 Å². The molecule has 2 heteroatoms. The molecule has 0 saturated carbocycles. The molecule has 0 aromatic carbocycles. The number of aliphatic hydroxyl groups is 2. The highest BCUT2D eigenvalue weighted by atomic mass is 16.3. The number of hydrogen-bond acceptors (Lipinski definition) is 2. The third-order valence-electron chi connectivity index (χ3n) is 6.67. The predicted octanol–water partition coefficient (Wildman–Crippen LogP) is 7.72. The molecular formula is C26H50O2. The third kappa shape index (κ3) is 13.0. The molecular weight excluding hydrogens is 344 g/mol. The van der Waals surface area contributed by atoms with Gasteiger partial charge in [0.1, 0.15) is 0 Å².